The Balaban J connectivity index is 2.56. The highest BCUT2D eigenvalue weighted by Gasteiger charge is 2.11. The minimum absolute atomic E-state index is 0.0201. The lowest BCUT2D eigenvalue weighted by Crippen LogP contribution is -1.97. The predicted octanol–water partition coefficient (Wildman–Crippen LogP) is 3.81. The third kappa shape index (κ3) is 2.36. The molecule has 0 spiro atoms. The fourth-order valence-electron chi connectivity index (χ4n) is 1.74. The Kier molecular flexibility index (Phi) is 3.24. The third-order valence-electron chi connectivity index (χ3n) is 2.52. The molecule has 17 heavy (non-hydrogen) atoms. The highest BCUT2D eigenvalue weighted by Crippen LogP contribution is 2.30. The summed E-state index contributed by atoms with van der Waals surface area (Å²) in [6.45, 7) is 2.02. The van der Waals surface area contributed by atoms with Gasteiger partial charge in [-0.3, -0.25) is 0 Å². The van der Waals surface area contributed by atoms with Crippen molar-refractivity contribution in [3.63, 3.8) is 0 Å². The molecule has 1 aromatic carbocycles. The van der Waals surface area contributed by atoms with Gasteiger partial charge in [-0.25, -0.2) is 9.18 Å². The second kappa shape index (κ2) is 4.67. The van der Waals surface area contributed by atoms with Gasteiger partial charge in [0, 0.05) is 4.88 Å². The largest absolute Gasteiger partial charge is 0.478 e. The summed E-state index contributed by atoms with van der Waals surface area (Å²) in [4.78, 5) is 12.0. The zero-order chi connectivity index (χ0) is 12.4. The summed E-state index contributed by atoms with van der Waals surface area (Å²) in [5.41, 5.74) is 1.52. The highest BCUT2D eigenvalue weighted by atomic mass is 32.1. The van der Waals surface area contributed by atoms with Crippen molar-refractivity contribution in [3.8, 4) is 11.1 Å². The van der Waals surface area contributed by atoms with Crippen molar-refractivity contribution in [2.75, 3.05) is 0 Å². The molecule has 1 aromatic heterocycles. The first-order chi connectivity index (χ1) is 8.11. The maximum atomic E-state index is 13.4. The van der Waals surface area contributed by atoms with E-state index in [9.17, 15) is 9.18 Å². The molecular formula is C13H11FO2S. The lowest BCUT2D eigenvalue weighted by atomic mass is 10.0. The maximum absolute atomic E-state index is 13.4. The maximum Gasteiger partial charge on any atom is 0.335 e. The SMILES string of the molecule is CCc1sccc1-c1cc(F)cc(C(=O)O)c1. The molecule has 1 heterocycles. The van der Waals surface area contributed by atoms with E-state index in [1.165, 1.54) is 12.1 Å². The molecule has 2 aromatic rings. The first-order valence-electron chi connectivity index (χ1n) is 5.22. The number of aryl methyl sites for hydroxylation is 1. The van der Waals surface area contributed by atoms with Crippen LogP contribution in [0.3, 0.4) is 0 Å². The van der Waals surface area contributed by atoms with Crippen molar-refractivity contribution in [2.45, 2.75) is 13.3 Å². The van der Waals surface area contributed by atoms with E-state index < -0.39 is 11.8 Å². The molecule has 0 aliphatic carbocycles. The first kappa shape index (κ1) is 11.8. The molecule has 0 radical (unpaired) electrons. The number of hydrogen-bond acceptors (Lipinski definition) is 2. The molecular weight excluding hydrogens is 239 g/mol. The smallest absolute Gasteiger partial charge is 0.335 e. The molecule has 2 nitrogen and oxygen atoms in total. The summed E-state index contributed by atoms with van der Waals surface area (Å²) < 4.78 is 13.4. The van der Waals surface area contributed by atoms with Crippen molar-refractivity contribution in [1.29, 1.82) is 0 Å². The zero-order valence-corrected chi connectivity index (χ0v) is 10.1. The van der Waals surface area contributed by atoms with Crippen LogP contribution in [0, 0.1) is 5.82 Å². The van der Waals surface area contributed by atoms with Gasteiger partial charge in [-0.15, -0.1) is 11.3 Å². The summed E-state index contributed by atoms with van der Waals surface area (Å²) in [6.07, 6.45) is 0.853. The third-order valence-corrected chi connectivity index (χ3v) is 3.59. The van der Waals surface area contributed by atoms with Gasteiger partial charge in [0.05, 0.1) is 5.56 Å². The Morgan fingerprint density at radius 3 is 2.82 bits per heavy atom. The van der Waals surface area contributed by atoms with E-state index >= 15 is 0 Å². The van der Waals surface area contributed by atoms with Gasteiger partial charge in [0.1, 0.15) is 5.82 Å². The van der Waals surface area contributed by atoms with E-state index in [4.69, 9.17) is 5.11 Å². The van der Waals surface area contributed by atoms with Crippen molar-refractivity contribution in [2.24, 2.45) is 0 Å². The summed E-state index contributed by atoms with van der Waals surface area (Å²) >= 11 is 1.59. The number of benzene rings is 1. The molecule has 0 fully saturated rings. The normalized spacial score (nSPS) is 10.5. The minimum atomic E-state index is -1.11. The molecule has 0 saturated heterocycles. The predicted molar refractivity (Wildman–Crippen MR) is 66.1 cm³/mol. The van der Waals surface area contributed by atoms with E-state index in [1.54, 1.807) is 11.3 Å². The van der Waals surface area contributed by atoms with Gasteiger partial charge in [0.15, 0.2) is 0 Å². The lowest BCUT2D eigenvalue weighted by Gasteiger charge is -2.04. The number of rotatable bonds is 3. The lowest BCUT2D eigenvalue weighted by molar-refractivity contribution is 0.0696. The van der Waals surface area contributed by atoms with E-state index in [-0.39, 0.29) is 5.56 Å². The number of carboxylic acid groups (broad SMARTS) is 1. The fraction of sp³-hybridized carbons (Fsp3) is 0.154. The monoisotopic (exact) mass is 250 g/mol. The summed E-state index contributed by atoms with van der Waals surface area (Å²) in [6, 6.07) is 5.80. The van der Waals surface area contributed by atoms with Crippen molar-refractivity contribution in [1.82, 2.24) is 0 Å². The van der Waals surface area contributed by atoms with E-state index in [0.29, 0.717) is 5.56 Å². The topological polar surface area (TPSA) is 37.3 Å². The van der Waals surface area contributed by atoms with Crippen molar-refractivity contribution >= 4 is 17.3 Å². The molecule has 0 bridgehead atoms. The number of aromatic carboxylic acids is 1. The van der Waals surface area contributed by atoms with Crippen LogP contribution in [0.15, 0.2) is 29.6 Å². The molecule has 4 heteroatoms. The van der Waals surface area contributed by atoms with Crippen molar-refractivity contribution in [3.05, 3.63) is 45.9 Å². The quantitative estimate of drug-likeness (QED) is 0.899. The number of carboxylic acids is 1. The Morgan fingerprint density at radius 2 is 2.18 bits per heavy atom. The minimum Gasteiger partial charge on any atom is -0.478 e. The van der Waals surface area contributed by atoms with Gasteiger partial charge in [-0.05, 0) is 47.2 Å². The van der Waals surface area contributed by atoms with Crippen LogP contribution >= 0.6 is 11.3 Å². The second-order valence-electron chi connectivity index (χ2n) is 3.64. The van der Waals surface area contributed by atoms with Crippen LogP contribution in [-0.4, -0.2) is 11.1 Å². The average molecular weight is 250 g/mol. The van der Waals surface area contributed by atoms with E-state index in [1.807, 2.05) is 18.4 Å². The average Bonchev–Trinajstić information content (AvgIpc) is 2.76. The van der Waals surface area contributed by atoms with Gasteiger partial charge in [-0.2, -0.15) is 0 Å². The number of thiophene rings is 1. The molecule has 0 amide bonds. The fourth-order valence-corrected chi connectivity index (χ4v) is 2.59. The van der Waals surface area contributed by atoms with E-state index in [2.05, 4.69) is 0 Å². The Morgan fingerprint density at radius 1 is 1.41 bits per heavy atom. The molecule has 0 atom stereocenters. The Labute approximate surface area is 102 Å². The van der Waals surface area contributed by atoms with Crippen LogP contribution in [0.5, 0.6) is 0 Å². The zero-order valence-electron chi connectivity index (χ0n) is 9.24. The molecule has 0 aliphatic rings. The Hall–Kier alpha value is -1.68. The number of carbonyl (C=O) groups is 1. The van der Waals surface area contributed by atoms with E-state index in [0.717, 1.165) is 22.9 Å². The Bertz CT molecular complexity index is 560. The highest BCUT2D eigenvalue weighted by molar-refractivity contribution is 7.10. The molecule has 2 rings (SSSR count). The number of halogens is 1. The molecule has 0 aliphatic heterocycles. The van der Waals surface area contributed by atoms with Gasteiger partial charge < -0.3 is 5.11 Å². The second-order valence-corrected chi connectivity index (χ2v) is 4.65. The summed E-state index contributed by atoms with van der Waals surface area (Å²) in [5, 5.41) is 10.8. The van der Waals surface area contributed by atoms with Gasteiger partial charge >= 0.3 is 5.97 Å². The molecule has 1 N–H and O–H groups in total. The van der Waals surface area contributed by atoms with Crippen LogP contribution in [0.1, 0.15) is 22.2 Å². The molecule has 88 valence electrons. The van der Waals surface area contributed by atoms with Crippen LogP contribution in [0.25, 0.3) is 11.1 Å². The van der Waals surface area contributed by atoms with Crippen molar-refractivity contribution < 1.29 is 14.3 Å². The summed E-state index contributed by atoms with van der Waals surface area (Å²) in [7, 11) is 0. The van der Waals surface area contributed by atoms with Gasteiger partial charge in [0.2, 0.25) is 0 Å². The van der Waals surface area contributed by atoms with Gasteiger partial charge in [-0.1, -0.05) is 6.92 Å². The molecule has 0 unspecified atom stereocenters. The molecule has 0 saturated carbocycles. The summed E-state index contributed by atoms with van der Waals surface area (Å²) in [5.74, 6) is -1.63. The standard InChI is InChI=1S/C13H11FO2S/c1-2-12-11(3-4-17-12)8-5-9(13(15)16)7-10(14)6-8/h3-7H,2H2,1H3,(H,15,16). The van der Waals surface area contributed by atoms with Crippen LogP contribution in [0.4, 0.5) is 4.39 Å². The first-order valence-corrected chi connectivity index (χ1v) is 6.10. The van der Waals surface area contributed by atoms with Crippen LogP contribution in [0.2, 0.25) is 0 Å². The van der Waals surface area contributed by atoms with Gasteiger partial charge in [0.25, 0.3) is 0 Å². The van der Waals surface area contributed by atoms with Crippen LogP contribution in [-0.2, 0) is 6.42 Å². The van der Waals surface area contributed by atoms with Crippen LogP contribution < -0.4 is 0 Å². The number of hydrogen-bond donors (Lipinski definition) is 1.